The molecule has 0 aliphatic heterocycles. The smallest absolute Gasteiger partial charge is 0.206 e. The summed E-state index contributed by atoms with van der Waals surface area (Å²) in [7, 11) is 0. The average molecular weight is 408 g/mol. The summed E-state index contributed by atoms with van der Waals surface area (Å²) in [5.41, 5.74) is 3.20. The number of benzene rings is 4. The van der Waals surface area contributed by atoms with E-state index < -0.39 is 11.7 Å². The highest BCUT2D eigenvalue weighted by Crippen LogP contribution is 2.33. The lowest BCUT2D eigenvalue weighted by atomic mass is 9.96. The van der Waals surface area contributed by atoms with Crippen molar-refractivity contribution < 1.29 is 17.6 Å². The van der Waals surface area contributed by atoms with Gasteiger partial charge in [0, 0.05) is 10.9 Å². The molecule has 30 heavy (non-hydrogen) atoms. The number of alkyl halides is 3. The summed E-state index contributed by atoms with van der Waals surface area (Å²) in [6, 6.07) is 21.7. The lowest BCUT2D eigenvalue weighted by molar-refractivity contribution is -0.137. The summed E-state index contributed by atoms with van der Waals surface area (Å²) in [5.74, 6) is -0.266. The third kappa shape index (κ3) is 3.95. The highest BCUT2D eigenvalue weighted by Gasteiger charge is 2.29. The Hall–Kier alpha value is -3.14. The Morgan fingerprint density at radius 1 is 0.700 bits per heavy atom. The van der Waals surface area contributed by atoms with Gasteiger partial charge in [-0.1, -0.05) is 80.1 Å². The van der Waals surface area contributed by atoms with Gasteiger partial charge in [0.1, 0.15) is 5.82 Å². The van der Waals surface area contributed by atoms with Crippen LogP contribution in [0.2, 0.25) is 0 Å². The second-order valence-corrected chi connectivity index (χ2v) is 7.39. The van der Waals surface area contributed by atoms with Crippen molar-refractivity contribution in [1.29, 1.82) is 0 Å². The fraction of sp³-hybridized carbons (Fsp3) is 0.154. The molecule has 0 aliphatic rings. The van der Waals surface area contributed by atoms with Crippen LogP contribution in [-0.4, -0.2) is 0 Å². The van der Waals surface area contributed by atoms with Crippen LogP contribution in [0.25, 0.3) is 33.0 Å². The number of fused-ring (bicyclic) bond motifs is 1. The molecule has 0 heterocycles. The molecule has 0 spiro atoms. The molecule has 0 bridgehead atoms. The predicted molar refractivity (Wildman–Crippen MR) is 114 cm³/mol. The topological polar surface area (TPSA) is 0 Å². The maximum atomic E-state index is 15.1. The molecular weight excluding hydrogens is 388 g/mol. The summed E-state index contributed by atoms with van der Waals surface area (Å²) >= 11 is 0. The Balaban J connectivity index is 1.64. The van der Waals surface area contributed by atoms with Gasteiger partial charge in [-0.05, 0) is 46.2 Å². The van der Waals surface area contributed by atoms with Gasteiger partial charge >= 0.3 is 6.18 Å². The number of hydrogen-bond donors (Lipinski definition) is 0. The molecule has 0 saturated carbocycles. The molecule has 0 aliphatic carbocycles. The number of hydrogen-bond acceptors (Lipinski definition) is 0. The zero-order valence-electron chi connectivity index (χ0n) is 16.4. The van der Waals surface area contributed by atoms with E-state index >= 15 is 4.39 Å². The van der Waals surface area contributed by atoms with E-state index in [2.05, 4.69) is 6.92 Å². The van der Waals surface area contributed by atoms with Crippen LogP contribution in [0.5, 0.6) is 0 Å². The Bertz CT molecular complexity index is 1170. The van der Waals surface area contributed by atoms with Crippen LogP contribution in [0.3, 0.4) is 0 Å². The summed E-state index contributed by atoms with van der Waals surface area (Å²) in [6.07, 6.45) is -2.35. The first kappa shape index (κ1) is 20.1. The molecule has 0 unspecified atom stereocenters. The van der Waals surface area contributed by atoms with Crippen molar-refractivity contribution in [3.63, 3.8) is 0 Å². The fourth-order valence-corrected chi connectivity index (χ4v) is 3.70. The monoisotopic (exact) mass is 408 g/mol. The third-order valence-corrected chi connectivity index (χ3v) is 5.30. The Labute approximate surface area is 172 Å². The van der Waals surface area contributed by atoms with Crippen molar-refractivity contribution in [2.24, 2.45) is 0 Å². The normalized spacial score (nSPS) is 11.8. The molecule has 0 amide bonds. The van der Waals surface area contributed by atoms with Gasteiger partial charge in [0.15, 0.2) is 0 Å². The van der Waals surface area contributed by atoms with Gasteiger partial charge in [0.05, 0.1) is 5.56 Å². The first-order chi connectivity index (χ1) is 14.4. The molecule has 152 valence electrons. The van der Waals surface area contributed by atoms with Gasteiger partial charge in [0.2, 0.25) is 0 Å². The van der Waals surface area contributed by atoms with Crippen molar-refractivity contribution in [3.05, 3.63) is 95.8 Å². The van der Waals surface area contributed by atoms with Gasteiger partial charge in [0.25, 0.3) is 0 Å². The van der Waals surface area contributed by atoms with E-state index in [9.17, 15) is 13.2 Å². The van der Waals surface area contributed by atoms with Crippen molar-refractivity contribution in [2.45, 2.75) is 25.9 Å². The molecule has 4 rings (SSSR count). The summed E-state index contributed by atoms with van der Waals surface area (Å²) in [6.45, 7) is 2.11. The molecule has 0 aromatic heterocycles. The van der Waals surface area contributed by atoms with Crippen LogP contribution in [0, 0.1) is 5.82 Å². The number of rotatable bonds is 4. The van der Waals surface area contributed by atoms with Gasteiger partial charge in [-0.3, -0.25) is 0 Å². The summed E-state index contributed by atoms with van der Waals surface area (Å²) in [4.78, 5) is 0. The highest BCUT2D eigenvalue weighted by atomic mass is 19.4. The van der Waals surface area contributed by atoms with Gasteiger partial charge < -0.3 is 0 Å². The van der Waals surface area contributed by atoms with E-state index in [1.54, 1.807) is 30.3 Å². The standard InChI is InChI=1S/C26H20F4/c1-2-3-17-4-14-24-21(16-17)11-15-23(25(24)27)20-7-5-18(6-8-20)19-9-12-22(13-10-19)26(28,29)30/h4-16H,2-3H2,1H3. The number of aryl methyl sites for hydroxylation is 1. The fourth-order valence-electron chi connectivity index (χ4n) is 3.70. The Morgan fingerprint density at radius 3 is 1.90 bits per heavy atom. The Morgan fingerprint density at radius 2 is 1.30 bits per heavy atom. The van der Waals surface area contributed by atoms with Gasteiger partial charge in [-0.2, -0.15) is 13.2 Å². The van der Waals surface area contributed by atoms with Crippen molar-refractivity contribution in [2.75, 3.05) is 0 Å². The molecule has 4 heteroatoms. The molecule has 0 atom stereocenters. The first-order valence-corrected chi connectivity index (χ1v) is 9.86. The molecule has 4 aromatic rings. The van der Waals surface area contributed by atoms with Crippen LogP contribution in [0.1, 0.15) is 24.5 Å². The maximum absolute atomic E-state index is 15.1. The van der Waals surface area contributed by atoms with Crippen LogP contribution < -0.4 is 0 Å². The molecule has 0 saturated heterocycles. The van der Waals surface area contributed by atoms with Crippen molar-refractivity contribution in [1.82, 2.24) is 0 Å². The lowest BCUT2D eigenvalue weighted by Gasteiger charge is -2.10. The van der Waals surface area contributed by atoms with Crippen LogP contribution in [-0.2, 0) is 12.6 Å². The minimum atomic E-state index is -4.35. The van der Waals surface area contributed by atoms with E-state index in [1.165, 1.54) is 17.7 Å². The SMILES string of the molecule is CCCc1ccc2c(F)c(-c3ccc(-c4ccc(C(F)(F)F)cc4)cc3)ccc2c1. The van der Waals surface area contributed by atoms with E-state index in [4.69, 9.17) is 0 Å². The lowest BCUT2D eigenvalue weighted by Crippen LogP contribution is -2.03. The zero-order chi connectivity index (χ0) is 21.3. The molecule has 0 fully saturated rings. The highest BCUT2D eigenvalue weighted by molar-refractivity contribution is 5.89. The van der Waals surface area contributed by atoms with Crippen molar-refractivity contribution in [3.8, 4) is 22.3 Å². The molecular formula is C26H20F4. The van der Waals surface area contributed by atoms with E-state index in [1.807, 2.05) is 24.3 Å². The first-order valence-electron chi connectivity index (χ1n) is 9.86. The van der Waals surface area contributed by atoms with Gasteiger partial charge in [-0.15, -0.1) is 0 Å². The largest absolute Gasteiger partial charge is 0.416 e. The van der Waals surface area contributed by atoms with E-state index in [0.717, 1.165) is 41.5 Å². The second kappa shape index (κ2) is 7.94. The minimum Gasteiger partial charge on any atom is -0.206 e. The van der Waals surface area contributed by atoms with Crippen molar-refractivity contribution >= 4 is 10.8 Å². The van der Waals surface area contributed by atoms with Gasteiger partial charge in [-0.25, -0.2) is 4.39 Å². The molecule has 4 aromatic carbocycles. The predicted octanol–water partition coefficient (Wildman–Crippen LogP) is 8.28. The quantitative estimate of drug-likeness (QED) is 0.298. The van der Waals surface area contributed by atoms with E-state index in [0.29, 0.717) is 16.5 Å². The number of halogens is 4. The Kier molecular flexibility index (Phi) is 5.33. The van der Waals surface area contributed by atoms with Crippen LogP contribution in [0.4, 0.5) is 17.6 Å². The molecule has 0 N–H and O–H groups in total. The molecule has 0 nitrogen and oxygen atoms in total. The second-order valence-electron chi connectivity index (χ2n) is 7.39. The van der Waals surface area contributed by atoms with Crippen LogP contribution in [0.15, 0.2) is 78.9 Å². The third-order valence-electron chi connectivity index (χ3n) is 5.30. The van der Waals surface area contributed by atoms with Crippen LogP contribution >= 0.6 is 0 Å². The average Bonchev–Trinajstić information content (AvgIpc) is 2.74. The van der Waals surface area contributed by atoms with E-state index in [-0.39, 0.29) is 5.82 Å². The zero-order valence-corrected chi connectivity index (χ0v) is 16.4. The summed E-state index contributed by atoms with van der Waals surface area (Å²) < 4.78 is 53.4. The summed E-state index contributed by atoms with van der Waals surface area (Å²) in [5, 5.41) is 1.46. The maximum Gasteiger partial charge on any atom is 0.416 e. The molecule has 0 radical (unpaired) electrons. The minimum absolute atomic E-state index is 0.266.